The van der Waals surface area contributed by atoms with Gasteiger partial charge in [0.05, 0.1) is 28.5 Å². The number of halogens is 3. The van der Waals surface area contributed by atoms with Gasteiger partial charge in [0.15, 0.2) is 0 Å². The summed E-state index contributed by atoms with van der Waals surface area (Å²) in [6, 6.07) is 1.95. The molecule has 27 heavy (non-hydrogen) atoms. The Kier molecular flexibility index (Phi) is 7.84. The third-order valence-corrected chi connectivity index (χ3v) is 5.93. The van der Waals surface area contributed by atoms with Crippen LogP contribution in [0.25, 0.3) is 0 Å². The van der Waals surface area contributed by atoms with Crippen LogP contribution in [0.1, 0.15) is 36.3 Å². The summed E-state index contributed by atoms with van der Waals surface area (Å²) in [5.41, 5.74) is -0.787. The molecule has 0 bridgehead atoms. The molecule has 2 atom stereocenters. The van der Waals surface area contributed by atoms with E-state index >= 15 is 0 Å². The predicted octanol–water partition coefficient (Wildman–Crippen LogP) is 2.61. The first kappa shape index (κ1) is 23.0. The number of ether oxygens (including phenoxy) is 1. The van der Waals surface area contributed by atoms with Gasteiger partial charge in [0.1, 0.15) is 5.69 Å². The Hall–Kier alpha value is -2.08. The van der Waals surface area contributed by atoms with Crippen molar-refractivity contribution in [2.24, 2.45) is 4.36 Å². The second kappa shape index (κ2) is 9.22. The molecule has 1 heterocycles. The maximum Gasteiger partial charge on any atom is 0.433 e. The lowest BCUT2D eigenvalue weighted by molar-refractivity contribution is -0.142. The first-order chi connectivity index (χ1) is 12.4. The van der Waals surface area contributed by atoms with Crippen LogP contribution in [-0.2, 0) is 30.2 Å². The molecule has 150 valence electrons. The number of nitrogens with one attached hydrogen (secondary N) is 1. The third-order valence-electron chi connectivity index (χ3n) is 3.50. The highest BCUT2D eigenvalue weighted by Crippen LogP contribution is 2.29. The molecule has 0 aromatic carbocycles. The Bertz CT molecular complexity index is 832. The number of esters is 1. The molecule has 0 radical (unpaired) electrons. The first-order valence-corrected chi connectivity index (χ1v) is 9.91. The van der Waals surface area contributed by atoms with Gasteiger partial charge in [-0.1, -0.05) is 6.07 Å². The maximum atomic E-state index is 12.7. The van der Waals surface area contributed by atoms with Gasteiger partial charge in [-0.05, 0) is 30.8 Å². The fraction of sp³-hybridized carbons (Fsp3) is 0.467. The number of carbonyl (C=O) groups is 2. The molecule has 12 heteroatoms. The van der Waals surface area contributed by atoms with Crippen molar-refractivity contribution in [3.8, 4) is 0 Å². The quantitative estimate of drug-likeness (QED) is 0.575. The van der Waals surface area contributed by atoms with E-state index in [-0.39, 0.29) is 23.5 Å². The van der Waals surface area contributed by atoms with E-state index in [1.807, 2.05) is 0 Å². The number of alkyl halides is 3. The third kappa shape index (κ3) is 7.21. The number of methoxy groups -OCH3 is 1. The second-order valence-electron chi connectivity index (χ2n) is 5.50. The molecule has 1 amide bonds. The topological polar surface area (TPSA) is 97.7 Å². The van der Waals surface area contributed by atoms with Crippen LogP contribution >= 0.6 is 12.2 Å². The van der Waals surface area contributed by atoms with E-state index in [0.29, 0.717) is 0 Å². The molecular weight excluding hydrogens is 407 g/mol. The van der Waals surface area contributed by atoms with Gasteiger partial charge in [0.2, 0.25) is 11.0 Å². The molecule has 0 spiro atoms. The lowest BCUT2D eigenvalue weighted by Crippen LogP contribution is -2.29. The molecule has 1 aromatic rings. The molecule has 7 nitrogen and oxygen atoms in total. The number of amides is 1. The standard InChI is InChI=1S/C15H18F3N3O4S2/c1-9(10-4-5-11(19-8-10)15(16,17)18)27(3,24)21-14(26)20-12(22)6-7-13(23)25-2/h4-5,8-9H,6-7H2,1-3H3,(H,20,22,26). The summed E-state index contributed by atoms with van der Waals surface area (Å²) < 4.78 is 58.6. The lowest BCUT2D eigenvalue weighted by Gasteiger charge is -2.15. The molecule has 0 aliphatic heterocycles. The second-order valence-corrected chi connectivity index (χ2v) is 8.50. The van der Waals surface area contributed by atoms with Gasteiger partial charge in [-0.15, -0.1) is 0 Å². The minimum Gasteiger partial charge on any atom is -0.469 e. The number of nitrogens with zero attached hydrogens (tertiary/aromatic N) is 2. The van der Waals surface area contributed by atoms with Crippen LogP contribution in [-0.4, -0.2) is 39.5 Å². The molecule has 0 saturated heterocycles. The van der Waals surface area contributed by atoms with E-state index < -0.39 is 38.7 Å². The van der Waals surface area contributed by atoms with Gasteiger partial charge in [-0.25, -0.2) is 4.21 Å². The highest BCUT2D eigenvalue weighted by Gasteiger charge is 2.32. The van der Waals surface area contributed by atoms with E-state index in [9.17, 15) is 27.0 Å². The molecular formula is C15H18F3N3O4S2. The van der Waals surface area contributed by atoms with E-state index in [1.54, 1.807) is 0 Å². The Morgan fingerprint density at radius 3 is 2.48 bits per heavy atom. The molecule has 1 aromatic heterocycles. The number of pyridine rings is 1. The van der Waals surface area contributed by atoms with Crippen LogP contribution in [0.2, 0.25) is 0 Å². The van der Waals surface area contributed by atoms with Crippen molar-refractivity contribution in [2.45, 2.75) is 31.2 Å². The molecule has 0 saturated carbocycles. The average molecular weight is 425 g/mol. The maximum absolute atomic E-state index is 12.7. The first-order valence-electron chi connectivity index (χ1n) is 7.51. The van der Waals surface area contributed by atoms with Crippen LogP contribution in [0, 0.1) is 0 Å². The molecule has 0 aliphatic carbocycles. The number of rotatable bonds is 5. The van der Waals surface area contributed by atoms with Gasteiger partial charge in [0, 0.05) is 18.9 Å². The van der Waals surface area contributed by atoms with Crippen molar-refractivity contribution < 1.29 is 31.7 Å². The molecule has 0 fully saturated rings. The minimum atomic E-state index is -4.57. The summed E-state index contributed by atoms with van der Waals surface area (Å²) in [7, 11) is -1.85. The lowest BCUT2D eigenvalue weighted by atomic mass is 10.2. The highest BCUT2D eigenvalue weighted by molar-refractivity contribution is 7.94. The minimum absolute atomic E-state index is 0.153. The number of aromatic nitrogens is 1. The largest absolute Gasteiger partial charge is 0.469 e. The Morgan fingerprint density at radius 1 is 1.37 bits per heavy atom. The molecule has 1 rings (SSSR count). The molecule has 1 N–H and O–H groups in total. The average Bonchev–Trinajstić information content (AvgIpc) is 2.57. The fourth-order valence-corrected chi connectivity index (χ4v) is 3.57. The smallest absolute Gasteiger partial charge is 0.433 e. The molecule has 2 unspecified atom stereocenters. The van der Waals surface area contributed by atoms with Gasteiger partial charge >= 0.3 is 12.1 Å². The van der Waals surface area contributed by atoms with Crippen molar-refractivity contribution in [2.75, 3.05) is 13.4 Å². The summed E-state index contributed by atoms with van der Waals surface area (Å²) in [5.74, 6) is -1.18. The van der Waals surface area contributed by atoms with Gasteiger partial charge in [-0.2, -0.15) is 17.5 Å². The van der Waals surface area contributed by atoms with Crippen molar-refractivity contribution >= 4 is 38.9 Å². The number of hydrogen-bond donors (Lipinski definition) is 1. The summed E-state index contributed by atoms with van der Waals surface area (Å²) in [6.45, 7) is 1.50. The summed E-state index contributed by atoms with van der Waals surface area (Å²) >= 11 is 4.87. The van der Waals surface area contributed by atoms with Crippen LogP contribution in [0.4, 0.5) is 13.2 Å². The Morgan fingerprint density at radius 2 is 2.00 bits per heavy atom. The number of hydrogen-bond acceptors (Lipinski definition) is 6. The number of thiocarbonyl (C=S) groups is 1. The van der Waals surface area contributed by atoms with Crippen LogP contribution < -0.4 is 5.32 Å². The summed E-state index contributed by atoms with van der Waals surface area (Å²) in [4.78, 5) is 26.0. The molecule has 0 aliphatic rings. The summed E-state index contributed by atoms with van der Waals surface area (Å²) in [6.07, 6.45) is -2.67. The monoisotopic (exact) mass is 425 g/mol. The van der Waals surface area contributed by atoms with Crippen molar-refractivity contribution in [3.05, 3.63) is 29.6 Å². The van der Waals surface area contributed by atoms with Crippen LogP contribution in [0.5, 0.6) is 0 Å². The zero-order valence-corrected chi connectivity index (χ0v) is 16.3. The summed E-state index contributed by atoms with van der Waals surface area (Å²) in [5, 5.41) is 1.09. The predicted molar refractivity (Wildman–Crippen MR) is 96.1 cm³/mol. The Labute approximate surface area is 159 Å². The SMILES string of the molecule is COC(=O)CCC(=O)NC(=S)N=S(C)(=O)C(C)c1ccc(C(F)(F)F)nc1. The van der Waals surface area contributed by atoms with Crippen LogP contribution in [0.3, 0.4) is 0 Å². The van der Waals surface area contributed by atoms with Crippen molar-refractivity contribution in [3.63, 3.8) is 0 Å². The fourth-order valence-electron chi connectivity index (χ4n) is 1.83. The zero-order valence-electron chi connectivity index (χ0n) is 14.7. The zero-order chi connectivity index (χ0) is 20.8. The number of carbonyl (C=O) groups excluding carboxylic acids is 2. The van der Waals surface area contributed by atoms with Gasteiger partial charge < -0.3 is 10.1 Å². The van der Waals surface area contributed by atoms with Crippen molar-refractivity contribution in [1.29, 1.82) is 0 Å². The van der Waals surface area contributed by atoms with E-state index in [4.69, 9.17) is 12.2 Å². The normalized spacial score (nSPS) is 14.6. The van der Waals surface area contributed by atoms with Crippen LogP contribution in [0.15, 0.2) is 22.7 Å². The van der Waals surface area contributed by atoms with Crippen molar-refractivity contribution in [1.82, 2.24) is 10.3 Å². The van der Waals surface area contributed by atoms with E-state index in [0.717, 1.165) is 18.3 Å². The van der Waals surface area contributed by atoms with E-state index in [2.05, 4.69) is 19.4 Å². The highest BCUT2D eigenvalue weighted by atomic mass is 32.2. The Balaban J connectivity index is 2.84. The van der Waals surface area contributed by atoms with Gasteiger partial charge in [0.25, 0.3) is 0 Å². The van der Waals surface area contributed by atoms with E-state index in [1.165, 1.54) is 20.3 Å². The van der Waals surface area contributed by atoms with Gasteiger partial charge in [-0.3, -0.25) is 14.6 Å².